The zero-order valence-electron chi connectivity index (χ0n) is 15.4. The number of hydrogen-bond donors (Lipinski definition) is 0. The molecule has 1 saturated heterocycles. The topological polar surface area (TPSA) is 38.8 Å². The van der Waals surface area contributed by atoms with Crippen molar-refractivity contribution in [3.63, 3.8) is 0 Å². The molecule has 0 spiro atoms. The van der Waals surface area contributed by atoms with Crippen LogP contribution >= 0.6 is 0 Å². The molecule has 2 bridgehead atoms. The number of hydrogen-bond acceptors (Lipinski definition) is 3. The van der Waals surface area contributed by atoms with Gasteiger partial charge in [0.1, 0.15) is 5.75 Å². The highest BCUT2D eigenvalue weighted by molar-refractivity contribution is 5.98. The Morgan fingerprint density at radius 2 is 1.81 bits per heavy atom. The van der Waals surface area contributed by atoms with E-state index >= 15 is 0 Å². The number of carbonyl (C=O) groups is 1. The number of rotatable bonds is 1. The van der Waals surface area contributed by atoms with E-state index in [-0.39, 0.29) is 12.0 Å². The first-order chi connectivity index (χ1) is 13.2. The van der Waals surface area contributed by atoms with Crippen molar-refractivity contribution >= 4 is 5.91 Å². The predicted octanol–water partition coefficient (Wildman–Crippen LogP) is 4.09. The minimum Gasteiger partial charge on any atom is -0.439 e. The van der Waals surface area contributed by atoms with Gasteiger partial charge in [-0.1, -0.05) is 42.0 Å². The average molecular weight is 361 g/mol. The van der Waals surface area contributed by atoms with Crippen molar-refractivity contribution in [3.05, 3.63) is 65.2 Å². The van der Waals surface area contributed by atoms with Gasteiger partial charge in [-0.25, -0.2) is 0 Å². The average Bonchev–Trinajstić information content (AvgIpc) is 3.29. The summed E-state index contributed by atoms with van der Waals surface area (Å²) in [4.78, 5) is 15.3. The number of nitrogens with zero attached hydrogens (tertiary/aromatic N) is 1. The molecular weight excluding hydrogens is 338 g/mol. The quantitative estimate of drug-likeness (QED) is 0.768. The summed E-state index contributed by atoms with van der Waals surface area (Å²) in [6.07, 6.45) is 3.92. The molecule has 4 heteroatoms. The smallest absolute Gasteiger partial charge is 0.326 e. The van der Waals surface area contributed by atoms with E-state index in [9.17, 15) is 4.79 Å². The zero-order valence-corrected chi connectivity index (χ0v) is 15.4. The molecule has 138 valence electrons. The summed E-state index contributed by atoms with van der Waals surface area (Å²) in [6.45, 7) is 2.78. The van der Waals surface area contributed by atoms with Gasteiger partial charge in [-0.2, -0.15) is 0 Å². The van der Waals surface area contributed by atoms with Crippen LogP contribution in [0.3, 0.4) is 0 Å². The first kappa shape index (κ1) is 15.7. The second kappa shape index (κ2) is 5.35. The lowest BCUT2D eigenvalue weighted by molar-refractivity contribution is -0.335. The molecule has 0 aromatic heterocycles. The van der Waals surface area contributed by atoms with Crippen molar-refractivity contribution in [2.75, 3.05) is 6.54 Å². The van der Waals surface area contributed by atoms with Crippen LogP contribution in [0.1, 0.15) is 40.7 Å². The lowest BCUT2D eigenvalue weighted by Crippen LogP contribution is -2.65. The fourth-order valence-electron chi connectivity index (χ4n) is 5.74. The third-order valence-corrected chi connectivity index (χ3v) is 7.08. The summed E-state index contributed by atoms with van der Waals surface area (Å²) < 4.78 is 13.3. The van der Waals surface area contributed by atoms with Crippen molar-refractivity contribution in [1.29, 1.82) is 0 Å². The molecule has 6 rings (SSSR count). The number of benzene rings is 2. The Labute approximate surface area is 159 Å². The number of carbonyl (C=O) groups excluding carboxylic acids is 1. The molecule has 1 amide bonds. The van der Waals surface area contributed by atoms with Crippen LogP contribution in [-0.2, 0) is 10.6 Å². The zero-order chi connectivity index (χ0) is 18.2. The van der Waals surface area contributed by atoms with Gasteiger partial charge in [0.25, 0.3) is 5.91 Å². The van der Waals surface area contributed by atoms with E-state index in [1.807, 2.05) is 41.3 Å². The van der Waals surface area contributed by atoms with Crippen LogP contribution < -0.4 is 4.74 Å². The standard InChI is InChI=1S/C23H23NO3/c1-14-6-10-17(11-7-14)23-24(22(25)18-4-2-3-5-20(18)26-23)13-19-15-8-9-16(12-15)21(19)27-23/h2-7,10-11,15-16,19,21H,8-9,12-13H2,1H3/t15-,16+,19+,21-,23+/m0/s1. The van der Waals surface area contributed by atoms with Crippen LogP contribution in [0.25, 0.3) is 0 Å². The molecule has 4 aliphatic rings. The van der Waals surface area contributed by atoms with Gasteiger partial charge in [-0.05, 0) is 50.2 Å². The van der Waals surface area contributed by atoms with E-state index in [2.05, 4.69) is 19.1 Å². The predicted molar refractivity (Wildman–Crippen MR) is 100 cm³/mol. The molecule has 2 aliphatic heterocycles. The summed E-state index contributed by atoms with van der Waals surface area (Å²) >= 11 is 0. The Hall–Kier alpha value is -2.33. The van der Waals surface area contributed by atoms with Crippen LogP contribution in [0.5, 0.6) is 5.75 Å². The van der Waals surface area contributed by atoms with Crippen molar-refractivity contribution < 1.29 is 14.3 Å². The second-order valence-corrected chi connectivity index (χ2v) is 8.54. The summed E-state index contributed by atoms with van der Waals surface area (Å²) in [7, 11) is 0. The molecule has 27 heavy (non-hydrogen) atoms. The van der Waals surface area contributed by atoms with Gasteiger partial charge in [0, 0.05) is 18.0 Å². The number of fused-ring (bicyclic) bond motifs is 7. The Balaban J connectivity index is 1.52. The molecular formula is C23H23NO3. The third kappa shape index (κ3) is 2.05. The maximum absolute atomic E-state index is 13.5. The van der Waals surface area contributed by atoms with Crippen molar-refractivity contribution in [2.24, 2.45) is 17.8 Å². The largest absolute Gasteiger partial charge is 0.439 e. The highest BCUT2D eigenvalue weighted by Crippen LogP contribution is 2.56. The van der Waals surface area contributed by atoms with Gasteiger partial charge in [-0.3, -0.25) is 9.69 Å². The normalized spacial score (nSPS) is 36.0. The van der Waals surface area contributed by atoms with Crippen LogP contribution in [0, 0.1) is 24.7 Å². The molecule has 2 aromatic rings. The lowest BCUT2D eigenvalue weighted by Gasteiger charge is -2.54. The van der Waals surface area contributed by atoms with Crippen LogP contribution in [-0.4, -0.2) is 23.5 Å². The van der Waals surface area contributed by atoms with Gasteiger partial charge < -0.3 is 9.47 Å². The molecule has 2 saturated carbocycles. The van der Waals surface area contributed by atoms with Crippen molar-refractivity contribution in [2.45, 2.75) is 38.2 Å². The van der Waals surface area contributed by atoms with Gasteiger partial charge in [0.2, 0.25) is 0 Å². The summed E-state index contributed by atoms with van der Waals surface area (Å²) in [6, 6.07) is 15.7. The maximum Gasteiger partial charge on any atom is 0.326 e. The van der Waals surface area contributed by atoms with E-state index < -0.39 is 5.91 Å². The second-order valence-electron chi connectivity index (χ2n) is 8.54. The van der Waals surface area contributed by atoms with E-state index in [0.29, 0.717) is 35.6 Å². The van der Waals surface area contributed by atoms with E-state index in [0.717, 1.165) is 5.56 Å². The van der Waals surface area contributed by atoms with Gasteiger partial charge in [-0.15, -0.1) is 0 Å². The van der Waals surface area contributed by atoms with Gasteiger partial charge in [0.05, 0.1) is 11.7 Å². The van der Waals surface area contributed by atoms with E-state index in [4.69, 9.17) is 9.47 Å². The van der Waals surface area contributed by atoms with Crippen molar-refractivity contribution in [3.8, 4) is 5.75 Å². The Morgan fingerprint density at radius 1 is 1.04 bits per heavy atom. The van der Waals surface area contributed by atoms with Crippen molar-refractivity contribution in [1.82, 2.24) is 4.90 Å². The first-order valence-electron chi connectivity index (χ1n) is 10.0. The highest BCUT2D eigenvalue weighted by atomic mass is 16.7. The molecule has 0 unspecified atom stereocenters. The first-order valence-corrected chi connectivity index (χ1v) is 10.0. The fourth-order valence-corrected chi connectivity index (χ4v) is 5.74. The minimum absolute atomic E-state index is 0.0126. The number of amides is 1. The Bertz CT molecular complexity index is 923. The highest BCUT2D eigenvalue weighted by Gasteiger charge is 2.61. The maximum atomic E-state index is 13.5. The molecule has 2 aliphatic carbocycles. The summed E-state index contributed by atoms with van der Waals surface area (Å²) in [5.74, 6) is 1.19. The monoisotopic (exact) mass is 361 g/mol. The van der Waals surface area contributed by atoms with E-state index in [1.165, 1.54) is 24.8 Å². The van der Waals surface area contributed by atoms with E-state index in [1.54, 1.807) is 0 Å². The third-order valence-electron chi connectivity index (χ3n) is 7.08. The Kier molecular flexibility index (Phi) is 3.11. The molecule has 2 aromatic carbocycles. The SMILES string of the molecule is Cc1ccc([C@]23Oc4ccccc4C(=O)N2C[C@@H]2[C@H]4CC[C@H](C4)[C@@H]2O3)cc1. The summed E-state index contributed by atoms with van der Waals surface area (Å²) in [5, 5.41) is 0. The Morgan fingerprint density at radius 3 is 2.67 bits per heavy atom. The lowest BCUT2D eigenvalue weighted by atomic mass is 9.83. The van der Waals surface area contributed by atoms with Crippen LogP contribution in [0.15, 0.2) is 48.5 Å². The number of ether oxygens (including phenoxy) is 2. The number of aryl methyl sites for hydroxylation is 1. The fraction of sp³-hybridized carbons (Fsp3) is 0.435. The molecule has 4 nitrogen and oxygen atoms in total. The molecule has 5 atom stereocenters. The van der Waals surface area contributed by atoms with Crippen LogP contribution in [0.4, 0.5) is 0 Å². The molecule has 0 N–H and O–H groups in total. The number of para-hydroxylation sites is 1. The van der Waals surface area contributed by atoms with Gasteiger partial charge in [0.15, 0.2) is 0 Å². The molecule has 2 heterocycles. The van der Waals surface area contributed by atoms with Gasteiger partial charge >= 0.3 is 5.91 Å². The minimum atomic E-state index is -1.15. The van der Waals surface area contributed by atoms with Crippen LogP contribution in [0.2, 0.25) is 0 Å². The summed E-state index contributed by atoms with van der Waals surface area (Å²) in [5.41, 5.74) is 2.71. The molecule has 3 fully saturated rings. The molecule has 0 radical (unpaired) electrons.